The number of pyridine rings is 1. The Bertz CT molecular complexity index is 1270. The van der Waals surface area contributed by atoms with E-state index in [0.717, 1.165) is 22.0 Å². The average molecular weight is 413 g/mol. The van der Waals surface area contributed by atoms with Gasteiger partial charge in [0.15, 0.2) is 5.78 Å². The predicted octanol–water partition coefficient (Wildman–Crippen LogP) is 2.25. The number of rotatable bonds is 4. The molecule has 2 N–H and O–H groups in total. The molecule has 2 aromatic carbocycles. The zero-order valence-electron chi connectivity index (χ0n) is 16.5. The number of benzene rings is 2. The Labute approximate surface area is 177 Å². The van der Waals surface area contributed by atoms with Gasteiger partial charge >= 0.3 is 0 Å². The molecule has 0 saturated heterocycles. The van der Waals surface area contributed by atoms with E-state index in [2.05, 4.69) is 25.5 Å². The minimum Gasteiger partial charge on any atom is -0.491 e. The molecule has 0 fully saturated rings. The van der Waals surface area contributed by atoms with Crippen molar-refractivity contribution in [2.75, 3.05) is 6.61 Å². The van der Waals surface area contributed by atoms with E-state index in [1.54, 1.807) is 6.20 Å². The van der Waals surface area contributed by atoms with Gasteiger partial charge in [0.25, 0.3) is 5.91 Å². The molecular weight excluding hydrogens is 394 g/mol. The minimum absolute atomic E-state index is 0.00684. The highest BCUT2D eigenvalue weighted by Crippen LogP contribution is 2.29. The van der Waals surface area contributed by atoms with Gasteiger partial charge in [0, 0.05) is 30.0 Å². The number of hydrogen-bond acceptors (Lipinski definition) is 6. The van der Waals surface area contributed by atoms with Crippen LogP contribution in [0, 0.1) is 0 Å². The number of Topliss-reactive ketones (excluding diaryl/α,β-unsaturated/α-hetero) is 1. The summed E-state index contributed by atoms with van der Waals surface area (Å²) >= 11 is 0. The number of carbonyl (C=O) groups excluding carboxylic acids is 2. The number of ketones is 1. The van der Waals surface area contributed by atoms with Crippen molar-refractivity contribution in [2.24, 2.45) is 0 Å². The topological polar surface area (TPSA) is 110 Å². The molecule has 154 valence electrons. The Hall–Kier alpha value is -4.07. The van der Waals surface area contributed by atoms with Crippen LogP contribution in [0.25, 0.3) is 10.9 Å². The van der Waals surface area contributed by atoms with Crippen LogP contribution in [0.4, 0.5) is 0 Å². The van der Waals surface area contributed by atoms with Gasteiger partial charge < -0.3 is 10.1 Å². The molecule has 0 bridgehead atoms. The summed E-state index contributed by atoms with van der Waals surface area (Å²) in [5, 5.41) is 10.4. The maximum atomic E-state index is 12.9. The fourth-order valence-corrected chi connectivity index (χ4v) is 3.67. The standard InChI is InChI=1S/C23H19N5O3/c29-18-12-16-19(9-8-15-7-4-10-24-21(15)16)31-13-17(18)25-23(30)22-26-20(27-28-22)11-14-5-2-1-3-6-14/h1-10,17H,11-13H2,(H,25,30)(H,26,27,28)/t17-/m0/s1. The Kier molecular flexibility index (Phi) is 4.87. The number of nitrogens with zero attached hydrogens (tertiary/aromatic N) is 3. The molecule has 4 aromatic rings. The summed E-state index contributed by atoms with van der Waals surface area (Å²) in [4.78, 5) is 34.2. The summed E-state index contributed by atoms with van der Waals surface area (Å²) in [7, 11) is 0. The molecule has 3 heterocycles. The van der Waals surface area contributed by atoms with E-state index in [4.69, 9.17) is 4.74 Å². The van der Waals surface area contributed by atoms with Crippen LogP contribution in [0.2, 0.25) is 0 Å². The maximum Gasteiger partial charge on any atom is 0.291 e. The van der Waals surface area contributed by atoms with Crippen LogP contribution in [0.15, 0.2) is 60.8 Å². The van der Waals surface area contributed by atoms with Gasteiger partial charge in [-0.2, -0.15) is 0 Å². The summed E-state index contributed by atoms with van der Waals surface area (Å²) in [6, 6.07) is 16.5. The smallest absolute Gasteiger partial charge is 0.291 e. The molecule has 0 aliphatic carbocycles. The van der Waals surface area contributed by atoms with E-state index in [-0.39, 0.29) is 24.6 Å². The third-order valence-electron chi connectivity index (χ3n) is 5.24. The predicted molar refractivity (Wildman–Crippen MR) is 113 cm³/mol. The molecule has 5 rings (SSSR count). The number of carbonyl (C=O) groups is 2. The van der Waals surface area contributed by atoms with Crippen molar-refractivity contribution < 1.29 is 14.3 Å². The van der Waals surface area contributed by atoms with Crippen molar-refractivity contribution in [2.45, 2.75) is 18.9 Å². The first kappa shape index (κ1) is 18.9. The normalized spacial score (nSPS) is 15.7. The van der Waals surface area contributed by atoms with Crippen molar-refractivity contribution in [3.05, 3.63) is 83.6 Å². The second-order valence-electron chi connectivity index (χ2n) is 7.37. The van der Waals surface area contributed by atoms with Crippen LogP contribution in [0.3, 0.4) is 0 Å². The lowest BCUT2D eigenvalue weighted by Gasteiger charge is -2.13. The number of H-pyrrole nitrogens is 1. The highest BCUT2D eigenvalue weighted by molar-refractivity contribution is 5.98. The number of aromatic nitrogens is 4. The average Bonchev–Trinajstić information content (AvgIpc) is 3.20. The molecule has 2 aromatic heterocycles. The number of nitrogens with one attached hydrogen (secondary N) is 2. The third kappa shape index (κ3) is 3.87. The Morgan fingerprint density at radius 2 is 2.00 bits per heavy atom. The Balaban J connectivity index is 1.30. The van der Waals surface area contributed by atoms with E-state index >= 15 is 0 Å². The van der Waals surface area contributed by atoms with Gasteiger partial charge in [-0.3, -0.25) is 19.7 Å². The molecular formula is C23H19N5O3. The molecule has 1 atom stereocenters. The lowest BCUT2D eigenvalue weighted by Crippen LogP contribution is -2.44. The summed E-state index contributed by atoms with van der Waals surface area (Å²) in [6.45, 7) is 0.0389. The summed E-state index contributed by atoms with van der Waals surface area (Å²) < 4.78 is 5.84. The molecule has 0 unspecified atom stereocenters. The zero-order chi connectivity index (χ0) is 21.2. The van der Waals surface area contributed by atoms with Crippen LogP contribution in [0.1, 0.15) is 27.6 Å². The third-order valence-corrected chi connectivity index (χ3v) is 5.24. The number of hydrogen-bond donors (Lipinski definition) is 2. The molecule has 0 saturated carbocycles. The van der Waals surface area contributed by atoms with Crippen LogP contribution in [-0.2, 0) is 17.6 Å². The van der Waals surface area contributed by atoms with Gasteiger partial charge in [-0.15, -0.1) is 5.10 Å². The zero-order valence-corrected chi connectivity index (χ0v) is 16.5. The molecule has 0 spiro atoms. The van der Waals surface area contributed by atoms with Crippen molar-refractivity contribution in [1.29, 1.82) is 0 Å². The van der Waals surface area contributed by atoms with E-state index in [0.29, 0.717) is 18.0 Å². The first-order valence-electron chi connectivity index (χ1n) is 9.95. The van der Waals surface area contributed by atoms with Gasteiger partial charge in [0.05, 0.1) is 5.52 Å². The number of amides is 1. The summed E-state index contributed by atoms with van der Waals surface area (Å²) in [5.74, 6) is 0.508. The number of ether oxygens (including phenoxy) is 1. The van der Waals surface area contributed by atoms with Gasteiger partial charge in [-0.25, -0.2) is 4.98 Å². The quantitative estimate of drug-likeness (QED) is 0.531. The first-order valence-corrected chi connectivity index (χ1v) is 9.95. The van der Waals surface area contributed by atoms with E-state index in [1.807, 2.05) is 54.6 Å². The number of aromatic amines is 1. The Morgan fingerprint density at radius 3 is 2.87 bits per heavy atom. The monoisotopic (exact) mass is 413 g/mol. The van der Waals surface area contributed by atoms with Crippen LogP contribution >= 0.6 is 0 Å². The Morgan fingerprint density at radius 1 is 1.13 bits per heavy atom. The number of fused-ring (bicyclic) bond motifs is 3. The fourth-order valence-electron chi connectivity index (χ4n) is 3.67. The van der Waals surface area contributed by atoms with Gasteiger partial charge in [0.1, 0.15) is 24.2 Å². The first-order chi connectivity index (χ1) is 15.2. The van der Waals surface area contributed by atoms with Crippen LogP contribution in [-0.4, -0.2) is 44.5 Å². The summed E-state index contributed by atoms with van der Waals surface area (Å²) in [5.41, 5.74) is 2.53. The van der Waals surface area contributed by atoms with E-state index in [9.17, 15) is 9.59 Å². The van der Waals surface area contributed by atoms with Gasteiger partial charge in [0.2, 0.25) is 5.82 Å². The lowest BCUT2D eigenvalue weighted by molar-refractivity contribution is -0.120. The maximum absolute atomic E-state index is 12.9. The highest BCUT2D eigenvalue weighted by Gasteiger charge is 2.29. The molecule has 1 aliphatic rings. The second kappa shape index (κ2) is 7.98. The van der Waals surface area contributed by atoms with Crippen molar-refractivity contribution >= 4 is 22.6 Å². The van der Waals surface area contributed by atoms with Crippen molar-refractivity contribution in [3.63, 3.8) is 0 Å². The molecule has 8 heteroatoms. The lowest BCUT2D eigenvalue weighted by atomic mass is 10.0. The fraction of sp³-hybridized carbons (Fsp3) is 0.174. The molecule has 31 heavy (non-hydrogen) atoms. The second-order valence-corrected chi connectivity index (χ2v) is 7.37. The van der Waals surface area contributed by atoms with Crippen LogP contribution in [0.5, 0.6) is 5.75 Å². The van der Waals surface area contributed by atoms with E-state index in [1.165, 1.54) is 0 Å². The van der Waals surface area contributed by atoms with Gasteiger partial charge in [-0.1, -0.05) is 36.4 Å². The van der Waals surface area contributed by atoms with Gasteiger partial charge in [-0.05, 0) is 23.8 Å². The molecule has 1 amide bonds. The highest BCUT2D eigenvalue weighted by atomic mass is 16.5. The molecule has 8 nitrogen and oxygen atoms in total. The molecule has 0 radical (unpaired) electrons. The van der Waals surface area contributed by atoms with Crippen LogP contribution < -0.4 is 10.1 Å². The van der Waals surface area contributed by atoms with E-state index < -0.39 is 11.9 Å². The van der Waals surface area contributed by atoms with Crippen molar-refractivity contribution in [1.82, 2.24) is 25.5 Å². The van der Waals surface area contributed by atoms with Crippen molar-refractivity contribution in [3.8, 4) is 5.75 Å². The summed E-state index contributed by atoms with van der Waals surface area (Å²) in [6.07, 6.45) is 2.34. The SMILES string of the molecule is O=C(N[C@H]1COc2ccc3cccnc3c2CC1=O)c1n[nH]c(Cc2ccccc2)n1. The largest absolute Gasteiger partial charge is 0.491 e. The molecule has 1 aliphatic heterocycles. The minimum atomic E-state index is -0.797.